The summed E-state index contributed by atoms with van der Waals surface area (Å²) in [6, 6.07) is 13.5. The van der Waals surface area contributed by atoms with E-state index in [-0.39, 0.29) is 5.92 Å². The van der Waals surface area contributed by atoms with Crippen LogP contribution in [0, 0.1) is 5.92 Å². The summed E-state index contributed by atoms with van der Waals surface area (Å²) < 4.78 is 31.6. The normalized spacial score (nSPS) is 25.0. The number of rotatable bonds is 5. The molecule has 1 aliphatic heterocycles. The zero-order valence-electron chi connectivity index (χ0n) is 14.7. The van der Waals surface area contributed by atoms with E-state index in [1.807, 2.05) is 6.92 Å². The van der Waals surface area contributed by atoms with Crippen molar-refractivity contribution in [2.24, 2.45) is 5.92 Å². The van der Waals surface area contributed by atoms with Crippen molar-refractivity contribution in [1.82, 2.24) is 0 Å². The lowest BCUT2D eigenvalue weighted by atomic mass is 10.2. The predicted octanol–water partition coefficient (Wildman–Crippen LogP) is 3.29. The van der Waals surface area contributed by atoms with Gasteiger partial charge in [0.1, 0.15) is 5.75 Å². The van der Waals surface area contributed by atoms with Crippen molar-refractivity contribution >= 4 is 38.9 Å². The fourth-order valence-electron chi connectivity index (χ4n) is 3.61. The largest absolute Gasteiger partial charge is 0.494 e. The number of nitrogens with zero attached hydrogens (tertiary/aromatic N) is 1. The smallest absolute Gasteiger partial charge is 0.250 e. The molecular weight excluding hydrogens is 388 g/mol. The van der Waals surface area contributed by atoms with E-state index in [9.17, 15) is 13.2 Å². The van der Waals surface area contributed by atoms with Gasteiger partial charge in [0.15, 0.2) is 4.75 Å². The van der Waals surface area contributed by atoms with Crippen LogP contribution in [0.4, 0.5) is 11.4 Å². The van der Waals surface area contributed by atoms with Crippen LogP contribution in [0.2, 0.25) is 5.02 Å². The van der Waals surface area contributed by atoms with Gasteiger partial charge in [0, 0.05) is 23.2 Å². The van der Waals surface area contributed by atoms with Crippen LogP contribution in [0.5, 0.6) is 5.75 Å². The van der Waals surface area contributed by atoms with Crippen LogP contribution in [-0.4, -0.2) is 32.2 Å². The summed E-state index contributed by atoms with van der Waals surface area (Å²) in [7, 11) is -3.80. The Morgan fingerprint density at radius 1 is 1.22 bits per heavy atom. The monoisotopic (exact) mass is 406 g/mol. The molecule has 2 unspecified atom stereocenters. The second-order valence-electron chi connectivity index (χ2n) is 6.71. The molecule has 1 N–H and O–H groups in total. The number of ether oxygens (including phenoxy) is 1. The second-order valence-corrected chi connectivity index (χ2v) is 9.27. The molecular formula is C19H19ClN2O4S. The maximum atomic E-state index is 13.1. The molecule has 1 saturated carbocycles. The average Bonchev–Trinajstić information content (AvgIpc) is 3.33. The number of sulfonamides is 1. The summed E-state index contributed by atoms with van der Waals surface area (Å²) in [5, 5.41) is 3.28. The third-order valence-electron chi connectivity index (χ3n) is 5.11. The Kier molecular flexibility index (Phi) is 4.31. The zero-order valence-corrected chi connectivity index (χ0v) is 16.3. The van der Waals surface area contributed by atoms with Crippen LogP contribution in [0.3, 0.4) is 0 Å². The first-order valence-corrected chi connectivity index (χ1v) is 10.5. The third kappa shape index (κ3) is 2.85. The van der Waals surface area contributed by atoms with E-state index in [2.05, 4.69) is 5.32 Å². The summed E-state index contributed by atoms with van der Waals surface area (Å²) in [6.07, 6.45) is 0.349. The molecule has 2 fully saturated rings. The number of carbonyl (C=O) groups is 1. The summed E-state index contributed by atoms with van der Waals surface area (Å²) in [4.78, 5) is 12.9. The molecule has 0 aromatic heterocycles. The number of fused-ring (bicyclic) bond motifs is 1. The predicted molar refractivity (Wildman–Crippen MR) is 105 cm³/mol. The number of hydrogen-bond donors (Lipinski definition) is 1. The van der Waals surface area contributed by atoms with Gasteiger partial charge in [-0.15, -0.1) is 0 Å². The molecule has 0 radical (unpaired) electrons. The first kappa shape index (κ1) is 18.1. The van der Waals surface area contributed by atoms with E-state index in [0.29, 0.717) is 41.7 Å². The Morgan fingerprint density at radius 3 is 2.52 bits per heavy atom. The summed E-state index contributed by atoms with van der Waals surface area (Å²) in [6.45, 7) is 2.75. The van der Waals surface area contributed by atoms with Crippen molar-refractivity contribution in [2.45, 2.75) is 18.1 Å². The lowest BCUT2D eigenvalue weighted by Gasteiger charge is -2.23. The topological polar surface area (TPSA) is 75.7 Å². The standard InChI is InChI=1S/C19H19ClN2O4S/c1-2-26-17-9-5-15(6-10-17)21-18(23)19-11-13(19)12-22(27(19,24)25)16-7-3-14(20)4-8-16/h3-10,13H,2,11-12H2,1H3,(H,21,23). The van der Waals surface area contributed by atoms with Crippen LogP contribution >= 0.6 is 11.6 Å². The van der Waals surface area contributed by atoms with Crippen LogP contribution in [0.15, 0.2) is 48.5 Å². The molecule has 1 heterocycles. The molecule has 2 aromatic rings. The Morgan fingerprint density at radius 2 is 1.89 bits per heavy atom. The molecule has 27 heavy (non-hydrogen) atoms. The number of anilines is 2. The zero-order chi connectivity index (χ0) is 19.2. The van der Waals surface area contributed by atoms with Crippen molar-refractivity contribution in [1.29, 1.82) is 0 Å². The van der Waals surface area contributed by atoms with Gasteiger partial charge in [0.2, 0.25) is 15.9 Å². The number of amides is 1. The molecule has 6 nitrogen and oxygen atoms in total. The van der Waals surface area contributed by atoms with Crippen molar-refractivity contribution in [2.75, 3.05) is 22.8 Å². The van der Waals surface area contributed by atoms with E-state index in [1.165, 1.54) is 4.31 Å². The van der Waals surface area contributed by atoms with Crippen molar-refractivity contribution in [3.8, 4) is 5.75 Å². The molecule has 2 aromatic carbocycles. The number of benzene rings is 2. The van der Waals surface area contributed by atoms with Gasteiger partial charge in [-0.05, 0) is 61.9 Å². The molecule has 0 spiro atoms. The maximum absolute atomic E-state index is 13.1. The Hall–Kier alpha value is -2.25. The lowest BCUT2D eigenvalue weighted by Crippen LogP contribution is -2.42. The highest BCUT2D eigenvalue weighted by atomic mass is 35.5. The van der Waals surface area contributed by atoms with Gasteiger partial charge >= 0.3 is 0 Å². The van der Waals surface area contributed by atoms with E-state index in [0.717, 1.165) is 0 Å². The Balaban J connectivity index is 1.55. The van der Waals surface area contributed by atoms with Gasteiger partial charge in [0.25, 0.3) is 0 Å². The quantitative estimate of drug-likeness (QED) is 0.826. The molecule has 2 aliphatic rings. The highest BCUT2D eigenvalue weighted by molar-refractivity contribution is 7.95. The molecule has 0 bridgehead atoms. The summed E-state index contributed by atoms with van der Waals surface area (Å²) >= 11 is 5.88. The summed E-state index contributed by atoms with van der Waals surface area (Å²) in [5.74, 6) is 0.00867. The molecule has 1 amide bonds. The van der Waals surface area contributed by atoms with Gasteiger partial charge < -0.3 is 10.1 Å². The van der Waals surface area contributed by atoms with Crippen LogP contribution in [0.1, 0.15) is 13.3 Å². The summed E-state index contributed by atoms with van der Waals surface area (Å²) in [5.41, 5.74) is 1.07. The van der Waals surface area contributed by atoms with E-state index < -0.39 is 20.7 Å². The highest BCUT2D eigenvalue weighted by Gasteiger charge is 2.75. The number of halogens is 1. The number of carbonyl (C=O) groups excluding carboxylic acids is 1. The maximum Gasteiger partial charge on any atom is 0.250 e. The van der Waals surface area contributed by atoms with Gasteiger partial charge in [-0.3, -0.25) is 9.10 Å². The molecule has 8 heteroatoms. The van der Waals surface area contributed by atoms with Crippen molar-refractivity contribution in [3.63, 3.8) is 0 Å². The molecule has 2 atom stereocenters. The van der Waals surface area contributed by atoms with Gasteiger partial charge in [-0.2, -0.15) is 0 Å². The Labute approximate surface area is 163 Å². The number of nitrogens with one attached hydrogen (secondary N) is 1. The van der Waals surface area contributed by atoms with Gasteiger partial charge in [-0.25, -0.2) is 8.42 Å². The van der Waals surface area contributed by atoms with Gasteiger partial charge in [-0.1, -0.05) is 11.6 Å². The molecule has 4 rings (SSSR count). The SMILES string of the molecule is CCOc1ccc(NC(=O)C23CC2CN(c2ccc(Cl)cc2)S3(=O)=O)cc1. The fourth-order valence-corrected chi connectivity index (χ4v) is 6.10. The fraction of sp³-hybridized carbons (Fsp3) is 0.316. The van der Waals surface area contributed by atoms with Crippen LogP contribution in [0.25, 0.3) is 0 Å². The average molecular weight is 407 g/mol. The van der Waals surface area contributed by atoms with Crippen molar-refractivity contribution < 1.29 is 17.9 Å². The molecule has 1 saturated heterocycles. The third-order valence-corrected chi connectivity index (χ3v) is 7.91. The van der Waals surface area contributed by atoms with Gasteiger partial charge in [0.05, 0.1) is 12.3 Å². The molecule has 142 valence electrons. The van der Waals surface area contributed by atoms with Crippen LogP contribution in [-0.2, 0) is 14.8 Å². The van der Waals surface area contributed by atoms with Crippen molar-refractivity contribution in [3.05, 3.63) is 53.6 Å². The highest BCUT2D eigenvalue weighted by Crippen LogP contribution is 2.58. The van der Waals surface area contributed by atoms with E-state index in [4.69, 9.17) is 16.3 Å². The van der Waals surface area contributed by atoms with Crippen LogP contribution < -0.4 is 14.4 Å². The van der Waals surface area contributed by atoms with E-state index >= 15 is 0 Å². The minimum Gasteiger partial charge on any atom is -0.494 e. The minimum absolute atomic E-state index is 0.208. The Bertz CT molecular complexity index is 976. The first-order valence-electron chi connectivity index (χ1n) is 8.70. The number of hydrogen-bond acceptors (Lipinski definition) is 4. The lowest BCUT2D eigenvalue weighted by molar-refractivity contribution is -0.116. The molecule has 1 aliphatic carbocycles. The van der Waals surface area contributed by atoms with E-state index in [1.54, 1.807) is 48.5 Å². The second kappa shape index (κ2) is 6.42. The minimum atomic E-state index is -3.80. The first-order chi connectivity index (χ1) is 12.9.